The Hall–Kier alpha value is -3.41. The van der Waals surface area contributed by atoms with Crippen molar-refractivity contribution in [1.82, 2.24) is 9.97 Å². The maximum absolute atomic E-state index is 12.5. The van der Waals surface area contributed by atoms with Gasteiger partial charge in [-0.2, -0.15) is 0 Å². The number of hydrogen-bond donors (Lipinski definition) is 2. The summed E-state index contributed by atoms with van der Waals surface area (Å²) in [5, 5.41) is 3.85. The van der Waals surface area contributed by atoms with E-state index in [9.17, 15) is 9.59 Å². The van der Waals surface area contributed by atoms with Crippen LogP contribution in [0.3, 0.4) is 0 Å². The Morgan fingerprint density at radius 3 is 2.64 bits per heavy atom. The van der Waals surface area contributed by atoms with E-state index in [0.717, 1.165) is 16.6 Å². The molecule has 25 heavy (non-hydrogen) atoms. The third-order valence-corrected chi connectivity index (χ3v) is 4.13. The number of carbonyl (C=O) groups is 2. The van der Waals surface area contributed by atoms with Gasteiger partial charge in [0.25, 0.3) is 5.91 Å². The first kappa shape index (κ1) is 16.4. The fourth-order valence-corrected chi connectivity index (χ4v) is 2.56. The Balaban J connectivity index is 1.79. The number of pyridine rings is 1. The van der Waals surface area contributed by atoms with Crippen LogP contribution >= 0.6 is 0 Å². The first-order chi connectivity index (χ1) is 12.0. The van der Waals surface area contributed by atoms with Crippen LogP contribution in [-0.4, -0.2) is 28.8 Å². The standard InChI is InChI=1S/C19H18N4O2/c1-4-17(24)23(3)14-7-5-13(6-8-14)19(25)22-16-11-21-18-15(12(16)2)9-10-20-18/h4-11H,1H2,2-3H3,(H,20,21)(H,22,25). The lowest BCUT2D eigenvalue weighted by molar-refractivity contribution is -0.113. The molecule has 0 saturated carbocycles. The molecule has 6 nitrogen and oxygen atoms in total. The number of aromatic amines is 1. The van der Waals surface area contributed by atoms with Gasteiger partial charge in [0.15, 0.2) is 0 Å². The Morgan fingerprint density at radius 2 is 1.96 bits per heavy atom. The second-order valence-corrected chi connectivity index (χ2v) is 5.64. The molecule has 0 radical (unpaired) electrons. The zero-order valence-electron chi connectivity index (χ0n) is 14.0. The molecule has 0 bridgehead atoms. The summed E-state index contributed by atoms with van der Waals surface area (Å²) in [7, 11) is 1.65. The maximum Gasteiger partial charge on any atom is 0.255 e. The van der Waals surface area contributed by atoms with E-state index in [1.165, 1.54) is 11.0 Å². The van der Waals surface area contributed by atoms with Crippen molar-refractivity contribution in [2.75, 3.05) is 17.3 Å². The van der Waals surface area contributed by atoms with E-state index in [4.69, 9.17) is 0 Å². The molecule has 0 aliphatic carbocycles. The number of H-pyrrole nitrogens is 1. The first-order valence-electron chi connectivity index (χ1n) is 7.75. The molecule has 0 aliphatic rings. The quantitative estimate of drug-likeness (QED) is 0.719. The number of amides is 2. The summed E-state index contributed by atoms with van der Waals surface area (Å²) in [5.41, 5.74) is 3.59. The molecule has 0 fully saturated rings. The molecule has 2 heterocycles. The SMILES string of the molecule is C=CC(=O)N(C)c1ccc(C(=O)Nc2cnc3[nH]ccc3c2C)cc1. The predicted molar refractivity (Wildman–Crippen MR) is 98.8 cm³/mol. The number of carbonyl (C=O) groups excluding carboxylic acids is 2. The smallest absolute Gasteiger partial charge is 0.255 e. The molecule has 3 rings (SSSR count). The van der Waals surface area contributed by atoms with Gasteiger partial charge in [0.1, 0.15) is 5.65 Å². The molecular weight excluding hydrogens is 316 g/mol. The molecule has 0 spiro atoms. The van der Waals surface area contributed by atoms with Crippen molar-refractivity contribution < 1.29 is 9.59 Å². The molecule has 6 heteroatoms. The number of likely N-dealkylation sites (N-methyl/N-ethyl adjacent to an activating group) is 1. The minimum Gasteiger partial charge on any atom is -0.346 e. The van der Waals surface area contributed by atoms with Gasteiger partial charge in [-0.25, -0.2) is 4.98 Å². The van der Waals surface area contributed by atoms with Crippen LogP contribution in [0.2, 0.25) is 0 Å². The lowest BCUT2D eigenvalue weighted by atomic mass is 10.1. The molecule has 2 amide bonds. The Morgan fingerprint density at radius 1 is 1.24 bits per heavy atom. The number of aromatic nitrogens is 2. The van der Waals surface area contributed by atoms with Crippen LogP contribution in [0.5, 0.6) is 0 Å². The van der Waals surface area contributed by atoms with Gasteiger partial charge in [-0.3, -0.25) is 9.59 Å². The van der Waals surface area contributed by atoms with Gasteiger partial charge >= 0.3 is 0 Å². The minimum absolute atomic E-state index is 0.210. The largest absolute Gasteiger partial charge is 0.346 e. The van der Waals surface area contributed by atoms with Gasteiger partial charge in [0, 0.05) is 29.9 Å². The summed E-state index contributed by atoms with van der Waals surface area (Å²) in [6.45, 7) is 5.40. The van der Waals surface area contributed by atoms with Crippen LogP contribution in [0.1, 0.15) is 15.9 Å². The van der Waals surface area contributed by atoms with E-state index < -0.39 is 0 Å². The summed E-state index contributed by atoms with van der Waals surface area (Å²) >= 11 is 0. The van der Waals surface area contributed by atoms with Crippen molar-refractivity contribution in [3.8, 4) is 0 Å². The van der Waals surface area contributed by atoms with E-state index in [1.807, 2.05) is 19.2 Å². The number of nitrogens with one attached hydrogen (secondary N) is 2. The molecule has 0 unspecified atom stereocenters. The van der Waals surface area contributed by atoms with E-state index in [-0.39, 0.29) is 11.8 Å². The van der Waals surface area contributed by atoms with Gasteiger partial charge in [0.2, 0.25) is 5.91 Å². The van der Waals surface area contributed by atoms with Crippen molar-refractivity contribution in [2.45, 2.75) is 6.92 Å². The van der Waals surface area contributed by atoms with Gasteiger partial charge in [-0.1, -0.05) is 6.58 Å². The fraction of sp³-hybridized carbons (Fsp3) is 0.105. The Kier molecular flexibility index (Phi) is 4.35. The summed E-state index contributed by atoms with van der Waals surface area (Å²) in [6, 6.07) is 8.71. The highest BCUT2D eigenvalue weighted by atomic mass is 16.2. The average molecular weight is 334 g/mol. The van der Waals surface area contributed by atoms with Crippen LogP contribution in [-0.2, 0) is 4.79 Å². The summed E-state index contributed by atoms with van der Waals surface area (Å²) in [6.07, 6.45) is 4.69. The van der Waals surface area contributed by atoms with Crippen molar-refractivity contribution >= 4 is 34.2 Å². The van der Waals surface area contributed by atoms with Gasteiger partial charge < -0.3 is 15.2 Å². The zero-order chi connectivity index (χ0) is 18.0. The van der Waals surface area contributed by atoms with E-state index in [1.54, 1.807) is 37.5 Å². The third-order valence-electron chi connectivity index (χ3n) is 4.13. The van der Waals surface area contributed by atoms with Crippen LogP contribution in [0.4, 0.5) is 11.4 Å². The number of hydrogen-bond acceptors (Lipinski definition) is 3. The van der Waals surface area contributed by atoms with Crippen molar-refractivity contribution in [3.05, 3.63) is 66.5 Å². The molecular formula is C19H18N4O2. The number of nitrogens with zero attached hydrogens (tertiary/aromatic N) is 2. The normalized spacial score (nSPS) is 10.5. The van der Waals surface area contributed by atoms with Crippen molar-refractivity contribution in [2.24, 2.45) is 0 Å². The summed E-state index contributed by atoms with van der Waals surface area (Å²) in [4.78, 5) is 32.9. The van der Waals surface area contributed by atoms with Crippen LogP contribution in [0.15, 0.2) is 55.4 Å². The molecule has 126 valence electrons. The predicted octanol–water partition coefficient (Wildman–Crippen LogP) is 3.27. The molecule has 3 aromatic rings. The monoisotopic (exact) mass is 334 g/mol. The number of anilines is 2. The number of rotatable bonds is 4. The molecule has 1 aromatic carbocycles. The first-order valence-corrected chi connectivity index (χ1v) is 7.75. The van der Waals surface area contributed by atoms with Crippen molar-refractivity contribution in [3.63, 3.8) is 0 Å². The minimum atomic E-state index is -0.232. The second kappa shape index (κ2) is 6.60. The lowest BCUT2D eigenvalue weighted by Crippen LogP contribution is -2.23. The Bertz CT molecular complexity index is 957. The molecule has 0 aliphatic heterocycles. The lowest BCUT2D eigenvalue weighted by Gasteiger charge is -2.15. The topological polar surface area (TPSA) is 78.1 Å². The fourth-order valence-electron chi connectivity index (χ4n) is 2.56. The number of benzene rings is 1. The highest BCUT2D eigenvalue weighted by Gasteiger charge is 2.12. The number of aryl methyl sites for hydroxylation is 1. The molecule has 2 aromatic heterocycles. The molecule has 2 N–H and O–H groups in total. The summed E-state index contributed by atoms with van der Waals surface area (Å²) < 4.78 is 0. The van der Waals surface area contributed by atoms with Gasteiger partial charge in [-0.15, -0.1) is 0 Å². The van der Waals surface area contributed by atoms with Gasteiger partial charge in [-0.05, 0) is 48.9 Å². The summed E-state index contributed by atoms with van der Waals surface area (Å²) in [5.74, 6) is -0.442. The average Bonchev–Trinajstić information content (AvgIpc) is 3.12. The van der Waals surface area contributed by atoms with E-state index >= 15 is 0 Å². The van der Waals surface area contributed by atoms with Crippen LogP contribution < -0.4 is 10.2 Å². The maximum atomic E-state index is 12.5. The third kappa shape index (κ3) is 3.14. The number of fused-ring (bicyclic) bond motifs is 1. The highest BCUT2D eigenvalue weighted by molar-refractivity contribution is 6.06. The van der Waals surface area contributed by atoms with Crippen LogP contribution in [0, 0.1) is 6.92 Å². The van der Waals surface area contributed by atoms with E-state index in [2.05, 4.69) is 21.9 Å². The Labute approximate surface area is 145 Å². The van der Waals surface area contributed by atoms with E-state index in [0.29, 0.717) is 16.9 Å². The second-order valence-electron chi connectivity index (χ2n) is 5.64. The highest BCUT2D eigenvalue weighted by Crippen LogP contribution is 2.23. The van der Waals surface area contributed by atoms with Crippen molar-refractivity contribution in [1.29, 1.82) is 0 Å². The zero-order valence-corrected chi connectivity index (χ0v) is 14.0. The van der Waals surface area contributed by atoms with Gasteiger partial charge in [0.05, 0.1) is 11.9 Å². The molecule has 0 atom stereocenters. The van der Waals surface area contributed by atoms with Crippen LogP contribution in [0.25, 0.3) is 11.0 Å². The molecule has 0 saturated heterocycles.